The zero-order chi connectivity index (χ0) is 15.3. The molecule has 0 fully saturated rings. The van der Waals surface area contributed by atoms with Crippen molar-refractivity contribution in [1.82, 2.24) is 5.32 Å². The second kappa shape index (κ2) is 6.24. The van der Waals surface area contributed by atoms with Gasteiger partial charge in [0.05, 0.1) is 5.56 Å². The molecule has 0 aliphatic rings. The molecule has 0 atom stereocenters. The summed E-state index contributed by atoms with van der Waals surface area (Å²) in [5, 5.41) is 11.4. The molecular weight excluding hydrogens is 269 g/mol. The smallest absolute Gasteiger partial charge is 0.349 e. The Bertz CT molecular complexity index is 569. The third-order valence-corrected chi connectivity index (χ3v) is 2.31. The molecule has 106 valence electrons. The number of hydrogen-bond acceptors (Lipinski definition) is 2. The number of hydrogen-bond donors (Lipinski definition) is 1. The topological polar surface area (TPSA) is 52.9 Å². The molecule has 0 radical (unpaired) electrons. The average molecular weight is 282 g/mol. The minimum absolute atomic E-state index is 0.148. The number of amides is 1. The lowest BCUT2D eigenvalue weighted by Crippen LogP contribution is -2.30. The van der Waals surface area contributed by atoms with Gasteiger partial charge >= 0.3 is 6.18 Å². The summed E-state index contributed by atoms with van der Waals surface area (Å²) in [5.41, 5.74) is -0.916. The van der Waals surface area contributed by atoms with Crippen molar-refractivity contribution in [3.8, 4) is 6.07 Å². The minimum Gasteiger partial charge on any atom is -0.349 e. The number of benzene rings is 1. The van der Waals surface area contributed by atoms with Crippen LogP contribution in [0.3, 0.4) is 0 Å². The van der Waals surface area contributed by atoms with E-state index in [1.54, 1.807) is 19.9 Å². The largest absolute Gasteiger partial charge is 0.416 e. The van der Waals surface area contributed by atoms with Crippen molar-refractivity contribution < 1.29 is 18.0 Å². The van der Waals surface area contributed by atoms with Crippen LogP contribution in [0.25, 0.3) is 6.08 Å². The first-order valence-electron chi connectivity index (χ1n) is 5.84. The van der Waals surface area contributed by atoms with Crippen molar-refractivity contribution in [3.63, 3.8) is 0 Å². The Balaban J connectivity index is 3.09. The van der Waals surface area contributed by atoms with E-state index in [0.29, 0.717) is 0 Å². The highest BCUT2D eigenvalue weighted by Gasteiger charge is 2.30. The number of alkyl halides is 3. The van der Waals surface area contributed by atoms with E-state index >= 15 is 0 Å². The van der Waals surface area contributed by atoms with Crippen molar-refractivity contribution in [1.29, 1.82) is 5.26 Å². The molecule has 0 saturated heterocycles. The summed E-state index contributed by atoms with van der Waals surface area (Å²) in [6.07, 6.45) is -3.33. The Hall–Kier alpha value is -2.29. The number of nitrogens with zero attached hydrogens (tertiary/aromatic N) is 1. The number of nitrogens with one attached hydrogen (secondary N) is 1. The Morgan fingerprint density at radius 3 is 2.55 bits per heavy atom. The summed E-state index contributed by atoms with van der Waals surface area (Å²) >= 11 is 0. The fourth-order valence-corrected chi connectivity index (χ4v) is 1.46. The third kappa shape index (κ3) is 4.43. The monoisotopic (exact) mass is 282 g/mol. The van der Waals surface area contributed by atoms with Crippen LogP contribution in [-0.4, -0.2) is 11.9 Å². The summed E-state index contributed by atoms with van der Waals surface area (Å²) in [7, 11) is 0. The number of carbonyl (C=O) groups is 1. The van der Waals surface area contributed by atoms with Crippen LogP contribution in [0.15, 0.2) is 29.8 Å². The zero-order valence-electron chi connectivity index (χ0n) is 11.0. The fraction of sp³-hybridized carbons (Fsp3) is 0.286. The molecule has 6 heteroatoms. The molecule has 0 heterocycles. The molecule has 1 N–H and O–H groups in total. The number of halogens is 3. The molecule has 1 aromatic carbocycles. The van der Waals surface area contributed by atoms with Crippen molar-refractivity contribution in [2.24, 2.45) is 0 Å². The first kappa shape index (κ1) is 15.8. The molecule has 3 nitrogen and oxygen atoms in total. The van der Waals surface area contributed by atoms with Gasteiger partial charge in [0.1, 0.15) is 11.6 Å². The predicted molar refractivity (Wildman–Crippen MR) is 68.3 cm³/mol. The van der Waals surface area contributed by atoms with E-state index in [1.807, 2.05) is 0 Å². The van der Waals surface area contributed by atoms with E-state index in [1.165, 1.54) is 12.1 Å². The number of nitriles is 1. The summed E-state index contributed by atoms with van der Waals surface area (Å²) in [6.45, 7) is 3.44. The minimum atomic E-state index is -4.46. The lowest BCUT2D eigenvalue weighted by atomic mass is 10.1. The van der Waals surface area contributed by atoms with E-state index in [0.717, 1.165) is 18.2 Å². The summed E-state index contributed by atoms with van der Waals surface area (Å²) in [4.78, 5) is 11.6. The molecule has 0 aliphatic carbocycles. The SMILES string of the molecule is CC(C)NC(=O)/C(C#N)=C\c1cccc(C(F)(F)F)c1. The molecule has 0 aliphatic heterocycles. The zero-order valence-corrected chi connectivity index (χ0v) is 11.0. The van der Waals surface area contributed by atoms with Crippen LogP contribution in [0.2, 0.25) is 0 Å². The van der Waals surface area contributed by atoms with Gasteiger partial charge in [0.25, 0.3) is 5.91 Å². The first-order chi connectivity index (χ1) is 9.24. The first-order valence-corrected chi connectivity index (χ1v) is 5.84. The molecular formula is C14H13F3N2O. The molecule has 1 rings (SSSR count). The maximum atomic E-state index is 12.6. The van der Waals surface area contributed by atoms with Crippen molar-refractivity contribution >= 4 is 12.0 Å². The molecule has 0 bridgehead atoms. The lowest BCUT2D eigenvalue weighted by molar-refractivity contribution is -0.137. The van der Waals surface area contributed by atoms with Crippen molar-refractivity contribution in [2.45, 2.75) is 26.1 Å². The van der Waals surface area contributed by atoms with Gasteiger partial charge in [-0.1, -0.05) is 12.1 Å². The molecule has 20 heavy (non-hydrogen) atoms. The maximum absolute atomic E-state index is 12.6. The summed E-state index contributed by atoms with van der Waals surface area (Å²) in [6, 6.07) is 5.96. The molecule has 0 aromatic heterocycles. The van der Waals surface area contributed by atoms with Gasteiger partial charge in [0.2, 0.25) is 0 Å². The number of rotatable bonds is 3. The third-order valence-electron chi connectivity index (χ3n) is 2.31. The van der Waals surface area contributed by atoms with Crippen LogP contribution >= 0.6 is 0 Å². The quantitative estimate of drug-likeness (QED) is 0.684. The molecule has 1 aromatic rings. The highest BCUT2D eigenvalue weighted by Crippen LogP contribution is 2.29. The van der Waals surface area contributed by atoms with Gasteiger partial charge in [0.15, 0.2) is 0 Å². The highest BCUT2D eigenvalue weighted by atomic mass is 19.4. The Morgan fingerprint density at radius 2 is 2.05 bits per heavy atom. The Kier molecular flexibility index (Phi) is 4.92. The fourth-order valence-electron chi connectivity index (χ4n) is 1.46. The molecule has 0 spiro atoms. The van der Waals surface area contributed by atoms with Gasteiger partial charge in [-0.05, 0) is 37.6 Å². The van der Waals surface area contributed by atoms with Crippen molar-refractivity contribution in [2.75, 3.05) is 0 Å². The predicted octanol–water partition coefficient (Wildman–Crippen LogP) is 3.14. The summed E-state index contributed by atoms with van der Waals surface area (Å²) < 4.78 is 37.7. The second-order valence-electron chi connectivity index (χ2n) is 4.42. The average Bonchev–Trinajstić information content (AvgIpc) is 2.34. The Labute approximate surface area is 114 Å². The van der Waals surface area contributed by atoms with E-state index < -0.39 is 17.6 Å². The van der Waals surface area contributed by atoms with Crippen LogP contribution in [0.4, 0.5) is 13.2 Å². The standard InChI is InChI=1S/C14H13F3N2O/c1-9(2)19-13(20)11(8-18)6-10-4-3-5-12(7-10)14(15,16)17/h3-7,9H,1-2H3,(H,19,20)/b11-6-. The van der Waals surface area contributed by atoms with Crippen LogP contribution in [0.1, 0.15) is 25.0 Å². The van der Waals surface area contributed by atoms with Crippen LogP contribution < -0.4 is 5.32 Å². The molecule has 0 unspecified atom stereocenters. The number of carbonyl (C=O) groups excluding carboxylic acids is 1. The summed E-state index contributed by atoms with van der Waals surface area (Å²) in [5.74, 6) is -0.611. The van der Waals surface area contributed by atoms with Gasteiger partial charge < -0.3 is 5.32 Å². The Morgan fingerprint density at radius 1 is 1.40 bits per heavy atom. The molecule has 0 saturated carbocycles. The van der Waals surface area contributed by atoms with E-state index in [4.69, 9.17) is 5.26 Å². The van der Waals surface area contributed by atoms with Gasteiger partial charge in [-0.2, -0.15) is 18.4 Å². The van der Waals surface area contributed by atoms with Gasteiger partial charge in [-0.3, -0.25) is 4.79 Å². The van der Waals surface area contributed by atoms with Crippen molar-refractivity contribution in [3.05, 3.63) is 41.0 Å². The van der Waals surface area contributed by atoms with Gasteiger partial charge in [-0.15, -0.1) is 0 Å². The van der Waals surface area contributed by atoms with E-state index in [-0.39, 0.29) is 17.2 Å². The van der Waals surface area contributed by atoms with Crippen LogP contribution in [-0.2, 0) is 11.0 Å². The van der Waals surface area contributed by atoms with E-state index in [9.17, 15) is 18.0 Å². The second-order valence-corrected chi connectivity index (χ2v) is 4.42. The lowest BCUT2D eigenvalue weighted by Gasteiger charge is -2.08. The maximum Gasteiger partial charge on any atom is 0.416 e. The van der Waals surface area contributed by atoms with Gasteiger partial charge in [0, 0.05) is 6.04 Å². The van der Waals surface area contributed by atoms with Crippen LogP contribution in [0, 0.1) is 11.3 Å². The van der Waals surface area contributed by atoms with Crippen LogP contribution in [0.5, 0.6) is 0 Å². The van der Waals surface area contributed by atoms with E-state index in [2.05, 4.69) is 5.32 Å². The highest BCUT2D eigenvalue weighted by molar-refractivity contribution is 6.01. The molecule has 1 amide bonds. The normalized spacial score (nSPS) is 12.2. The van der Waals surface area contributed by atoms with Gasteiger partial charge in [-0.25, -0.2) is 0 Å².